The van der Waals surface area contributed by atoms with Crippen molar-refractivity contribution < 1.29 is 9.53 Å². The fraction of sp³-hybridized carbons (Fsp3) is 0.267. The van der Waals surface area contributed by atoms with Gasteiger partial charge in [0.05, 0.1) is 7.11 Å². The minimum Gasteiger partial charge on any atom is -0.497 e. The Morgan fingerprint density at radius 2 is 1.95 bits per heavy atom. The normalized spacial score (nSPS) is 10.4. The van der Waals surface area contributed by atoms with Crippen LogP contribution in [0.3, 0.4) is 0 Å². The Hall–Kier alpha value is -2.07. The highest BCUT2D eigenvalue weighted by Gasteiger charge is 2.01. The molecule has 0 aliphatic heterocycles. The Labute approximate surface area is 112 Å². The van der Waals surface area contributed by atoms with Crippen LogP contribution in [0.15, 0.2) is 36.4 Å². The lowest BCUT2D eigenvalue weighted by Gasteiger charge is -2.07. The maximum atomic E-state index is 11.4. The van der Waals surface area contributed by atoms with Crippen molar-refractivity contribution in [2.75, 3.05) is 13.7 Å². The molecule has 0 atom stereocenters. The van der Waals surface area contributed by atoms with Crippen molar-refractivity contribution >= 4 is 16.7 Å². The summed E-state index contributed by atoms with van der Waals surface area (Å²) < 4.78 is 5.19. The molecule has 0 spiro atoms. The number of amides is 1. The van der Waals surface area contributed by atoms with Crippen LogP contribution in [0.5, 0.6) is 5.75 Å². The summed E-state index contributed by atoms with van der Waals surface area (Å²) in [7, 11) is 1.66. The first-order chi connectivity index (χ1) is 9.22. The smallest absolute Gasteiger partial charge is 0.221 e. The quantitative estimate of drug-likeness (QED) is 0.859. The molecule has 0 fully saturated rings. The molecule has 4 nitrogen and oxygen atoms in total. The molecular formula is C15H18N2O2. The molecule has 2 aromatic rings. The molecular weight excluding hydrogens is 240 g/mol. The second-order valence-corrected chi connectivity index (χ2v) is 4.36. The van der Waals surface area contributed by atoms with Gasteiger partial charge in [-0.2, -0.15) is 0 Å². The van der Waals surface area contributed by atoms with Crippen LogP contribution < -0.4 is 15.8 Å². The van der Waals surface area contributed by atoms with Gasteiger partial charge in [0.25, 0.3) is 0 Å². The maximum Gasteiger partial charge on any atom is 0.221 e. The van der Waals surface area contributed by atoms with E-state index in [1.165, 1.54) is 0 Å². The van der Waals surface area contributed by atoms with E-state index in [1.54, 1.807) is 7.11 Å². The van der Waals surface area contributed by atoms with Crippen LogP contribution >= 0.6 is 0 Å². The van der Waals surface area contributed by atoms with Crippen molar-refractivity contribution in [1.82, 2.24) is 5.32 Å². The predicted octanol–water partition coefficient (Wildman–Crippen LogP) is 1.81. The summed E-state index contributed by atoms with van der Waals surface area (Å²) in [5.74, 6) is 0.828. The number of nitrogens with one attached hydrogen (secondary N) is 1. The highest BCUT2D eigenvalue weighted by Crippen LogP contribution is 2.21. The number of carbonyl (C=O) groups excluding carboxylic acids is 1. The first kappa shape index (κ1) is 13.4. The van der Waals surface area contributed by atoms with E-state index < -0.39 is 0 Å². The van der Waals surface area contributed by atoms with Crippen LogP contribution in [-0.4, -0.2) is 19.6 Å². The van der Waals surface area contributed by atoms with Crippen LogP contribution in [0, 0.1) is 0 Å². The first-order valence-electron chi connectivity index (χ1n) is 6.26. The Bertz CT molecular complexity index is 581. The number of hydrogen-bond acceptors (Lipinski definition) is 3. The zero-order chi connectivity index (χ0) is 13.7. The topological polar surface area (TPSA) is 64.3 Å². The number of hydrogen-bond donors (Lipinski definition) is 2. The third-order valence-electron chi connectivity index (χ3n) is 2.97. The van der Waals surface area contributed by atoms with Gasteiger partial charge in [0, 0.05) is 19.5 Å². The molecule has 0 aromatic heterocycles. The molecule has 1 amide bonds. The van der Waals surface area contributed by atoms with E-state index in [1.807, 2.05) is 30.3 Å². The third kappa shape index (κ3) is 3.45. The number of methoxy groups -OCH3 is 1. The van der Waals surface area contributed by atoms with Gasteiger partial charge in [-0.25, -0.2) is 0 Å². The predicted molar refractivity (Wildman–Crippen MR) is 76.0 cm³/mol. The highest BCUT2D eigenvalue weighted by atomic mass is 16.5. The molecule has 0 bridgehead atoms. The molecule has 2 rings (SSSR count). The molecule has 0 saturated heterocycles. The lowest BCUT2D eigenvalue weighted by Crippen LogP contribution is -2.24. The molecule has 0 radical (unpaired) electrons. The van der Waals surface area contributed by atoms with E-state index in [0.29, 0.717) is 19.5 Å². The fourth-order valence-electron chi connectivity index (χ4n) is 1.93. The minimum atomic E-state index is -0.0164. The summed E-state index contributed by atoms with van der Waals surface area (Å²) in [6, 6.07) is 12.0. The third-order valence-corrected chi connectivity index (χ3v) is 2.97. The number of rotatable bonds is 5. The van der Waals surface area contributed by atoms with Gasteiger partial charge >= 0.3 is 0 Å². The fourth-order valence-corrected chi connectivity index (χ4v) is 1.93. The van der Waals surface area contributed by atoms with Gasteiger partial charge in [0.1, 0.15) is 5.75 Å². The number of nitrogens with two attached hydrogens (primary N) is 1. The standard InChI is InChI=1S/C15H18N2O2/c1-19-14-5-4-12-8-11(2-3-13(12)9-14)10-17-15(18)6-7-16/h2-5,8-9H,6-7,10,16H2,1H3,(H,17,18). The van der Waals surface area contributed by atoms with Crippen molar-refractivity contribution in [1.29, 1.82) is 0 Å². The first-order valence-corrected chi connectivity index (χ1v) is 6.26. The Morgan fingerprint density at radius 3 is 2.68 bits per heavy atom. The van der Waals surface area contributed by atoms with Crippen molar-refractivity contribution in [2.45, 2.75) is 13.0 Å². The molecule has 0 saturated carbocycles. The van der Waals surface area contributed by atoms with Gasteiger partial charge in [-0.1, -0.05) is 18.2 Å². The average Bonchev–Trinajstić information content (AvgIpc) is 2.44. The number of benzene rings is 2. The molecule has 4 heteroatoms. The average molecular weight is 258 g/mol. The maximum absolute atomic E-state index is 11.4. The van der Waals surface area contributed by atoms with Crippen molar-refractivity contribution in [2.24, 2.45) is 5.73 Å². The SMILES string of the molecule is COc1ccc2cc(CNC(=O)CCN)ccc2c1. The zero-order valence-corrected chi connectivity index (χ0v) is 11.0. The molecule has 100 valence electrons. The van der Waals surface area contributed by atoms with Crippen LogP contribution in [0.2, 0.25) is 0 Å². The van der Waals surface area contributed by atoms with E-state index in [2.05, 4.69) is 11.4 Å². The van der Waals surface area contributed by atoms with Gasteiger partial charge in [-0.3, -0.25) is 4.79 Å². The molecule has 19 heavy (non-hydrogen) atoms. The summed E-state index contributed by atoms with van der Waals surface area (Å²) in [5.41, 5.74) is 6.40. The summed E-state index contributed by atoms with van der Waals surface area (Å²) in [6.07, 6.45) is 0.366. The summed E-state index contributed by atoms with van der Waals surface area (Å²) >= 11 is 0. The van der Waals surface area contributed by atoms with E-state index >= 15 is 0 Å². The number of carbonyl (C=O) groups is 1. The highest BCUT2D eigenvalue weighted by molar-refractivity contribution is 5.84. The second kappa shape index (κ2) is 6.20. The van der Waals surface area contributed by atoms with Crippen molar-refractivity contribution in [3.8, 4) is 5.75 Å². The Morgan fingerprint density at radius 1 is 1.21 bits per heavy atom. The summed E-state index contributed by atoms with van der Waals surface area (Å²) in [4.78, 5) is 11.4. The van der Waals surface area contributed by atoms with Gasteiger partial charge in [-0.05, 0) is 34.5 Å². The van der Waals surface area contributed by atoms with Gasteiger partial charge in [0.15, 0.2) is 0 Å². The zero-order valence-electron chi connectivity index (χ0n) is 11.0. The molecule has 0 heterocycles. The Kier molecular flexibility index (Phi) is 4.36. The summed E-state index contributed by atoms with van der Waals surface area (Å²) in [6.45, 7) is 0.907. The van der Waals surface area contributed by atoms with E-state index in [9.17, 15) is 4.79 Å². The largest absolute Gasteiger partial charge is 0.497 e. The summed E-state index contributed by atoms with van der Waals surface area (Å²) in [5, 5.41) is 5.10. The van der Waals surface area contributed by atoms with Crippen molar-refractivity contribution in [3.63, 3.8) is 0 Å². The minimum absolute atomic E-state index is 0.0164. The van der Waals surface area contributed by atoms with Gasteiger partial charge < -0.3 is 15.8 Å². The number of fused-ring (bicyclic) bond motifs is 1. The van der Waals surface area contributed by atoms with Gasteiger partial charge in [0.2, 0.25) is 5.91 Å². The molecule has 0 unspecified atom stereocenters. The second-order valence-electron chi connectivity index (χ2n) is 4.36. The molecule has 0 aliphatic carbocycles. The molecule has 0 aliphatic rings. The van der Waals surface area contributed by atoms with Crippen LogP contribution in [0.1, 0.15) is 12.0 Å². The van der Waals surface area contributed by atoms with Crippen molar-refractivity contribution in [3.05, 3.63) is 42.0 Å². The van der Waals surface area contributed by atoms with E-state index in [-0.39, 0.29) is 5.91 Å². The van der Waals surface area contributed by atoms with Gasteiger partial charge in [-0.15, -0.1) is 0 Å². The number of ether oxygens (including phenoxy) is 1. The molecule has 2 aromatic carbocycles. The lowest BCUT2D eigenvalue weighted by atomic mass is 10.1. The monoisotopic (exact) mass is 258 g/mol. The van der Waals surface area contributed by atoms with E-state index in [4.69, 9.17) is 10.5 Å². The van der Waals surface area contributed by atoms with Crippen LogP contribution in [-0.2, 0) is 11.3 Å². The Balaban J connectivity index is 2.11. The lowest BCUT2D eigenvalue weighted by molar-refractivity contribution is -0.121. The molecule has 3 N–H and O–H groups in total. The van der Waals surface area contributed by atoms with Crippen LogP contribution in [0.25, 0.3) is 10.8 Å². The van der Waals surface area contributed by atoms with Crippen LogP contribution in [0.4, 0.5) is 0 Å². The van der Waals surface area contributed by atoms with E-state index in [0.717, 1.165) is 22.1 Å².